The van der Waals surface area contributed by atoms with Crippen LogP contribution in [0, 0.1) is 0 Å². The van der Waals surface area contributed by atoms with E-state index in [0.29, 0.717) is 17.7 Å². The Morgan fingerprint density at radius 3 is 2.27 bits per heavy atom. The summed E-state index contributed by atoms with van der Waals surface area (Å²) in [5.41, 5.74) is -0.189. The maximum Gasteiger partial charge on any atom is 0.408 e. The zero-order valence-corrected chi connectivity index (χ0v) is 21.2. The van der Waals surface area contributed by atoms with E-state index in [1.165, 1.54) is 23.1 Å². The Hall–Kier alpha value is -2.68. The molecule has 0 aromatic heterocycles. The highest BCUT2D eigenvalue weighted by Gasteiger charge is 2.35. The van der Waals surface area contributed by atoms with Crippen molar-refractivity contribution in [3.05, 3.63) is 42.5 Å². The number of nitrogens with zero attached hydrogens (tertiary/aromatic N) is 1. The number of alkyl carbamates (subject to hydrolysis) is 1. The molecule has 0 aliphatic rings. The van der Waals surface area contributed by atoms with E-state index in [2.05, 4.69) is 17.2 Å². The van der Waals surface area contributed by atoms with E-state index < -0.39 is 29.7 Å². The van der Waals surface area contributed by atoms with E-state index >= 15 is 0 Å². The van der Waals surface area contributed by atoms with Gasteiger partial charge in [0, 0.05) is 12.6 Å². The minimum atomic E-state index is -0.976. The van der Waals surface area contributed by atoms with Gasteiger partial charge >= 0.3 is 6.09 Å². The number of hydrogen-bond acceptors (Lipinski definition) is 6. The molecule has 184 valence electrons. The summed E-state index contributed by atoms with van der Waals surface area (Å²) in [7, 11) is 0. The lowest BCUT2D eigenvalue weighted by Gasteiger charge is -2.34. The fraction of sp³-hybridized carbons (Fsp3) is 0.542. The smallest absolute Gasteiger partial charge is 0.408 e. The summed E-state index contributed by atoms with van der Waals surface area (Å²) in [5.74, 6) is -0.123. The third-order valence-corrected chi connectivity index (χ3v) is 5.05. The molecular formula is C24H37N3O5S. The predicted octanol–water partition coefficient (Wildman–Crippen LogP) is 3.62. The van der Waals surface area contributed by atoms with Crippen LogP contribution in [0.15, 0.2) is 36.9 Å². The molecule has 3 N–H and O–H groups in total. The Bertz CT molecular complexity index is 805. The highest BCUT2D eigenvalue weighted by Crippen LogP contribution is 2.25. The van der Waals surface area contributed by atoms with Gasteiger partial charge in [-0.3, -0.25) is 9.59 Å². The largest absolute Gasteiger partial charge is 0.508 e. The van der Waals surface area contributed by atoms with Crippen LogP contribution in [-0.2, 0) is 14.3 Å². The second-order valence-corrected chi connectivity index (χ2v) is 9.90. The van der Waals surface area contributed by atoms with Crippen molar-refractivity contribution in [3.8, 4) is 5.75 Å². The Morgan fingerprint density at radius 2 is 1.79 bits per heavy atom. The lowest BCUT2D eigenvalue weighted by Crippen LogP contribution is -2.53. The van der Waals surface area contributed by atoms with Crippen LogP contribution < -0.4 is 10.6 Å². The molecule has 2 unspecified atom stereocenters. The van der Waals surface area contributed by atoms with Crippen molar-refractivity contribution in [2.24, 2.45) is 0 Å². The maximum atomic E-state index is 13.7. The second kappa shape index (κ2) is 13.1. The van der Waals surface area contributed by atoms with Gasteiger partial charge < -0.3 is 25.4 Å². The number of hydrogen-bond donors (Lipinski definition) is 3. The molecule has 0 radical (unpaired) electrons. The average Bonchev–Trinajstić information content (AvgIpc) is 2.69. The van der Waals surface area contributed by atoms with Crippen molar-refractivity contribution in [1.29, 1.82) is 0 Å². The number of phenols is 1. The lowest BCUT2D eigenvalue weighted by molar-refractivity contribution is -0.142. The molecule has 1 rings (SSSR count). The number of carbonyl (C=O) groups is 3. The number of amides is 3. The molecule has 1 aromatic carbocycles. The predicted molar refractivity (Wildman–Crippen MR) is 132 cm³/mol. The summed E-state index contributed by atoms with van der Waals surface area (Å²) >= 11 is 1.54. The SMILES string of the molecule is C=CCN(C(=O)C(CCSC)NC(=O)OC(C)(C)C)C(C(=O)NC(C)C)c1ccc(O)cc1. The van der Waals surface area contributed by atoms with E-state index in [0.717, 1.165) is 0 Å². The molecule has 2 atom stereocenters. The van der Waals surface area contributed by atoms with Gasteiger partial charge in [-0.05, 0) is 70.7 Å². The van der Waals surface area contributed by atoms with Crippen molar-refractivity contribution in [3.63, 3.8) is 0 Å². The van der Waals surface area contributed by atoms with Gasteiger partial charge in [0.2, 0.25) is 11.8 Å². The molecule has 0 spiro atoms. The fourth-order valence-corrected chi connectivity index (χ4v) is 3.57. The maximum absolute atomic E-state index is 13.7. The average molecular weight is 480 g/mol. The van der Waals surface area contributed by atoms with Crippen LogP contribution in [-0.4, -0.2) is 64.2 Å². The Kier molecular flexibility index (Phi) is 11.3. The van der Waals surface area contributed by atoms with E-state index in [1.54, 1.807) is 44.7 Å². The van der Waals surface area contributed by atoms with Crippen LogP contribution in [0.1, 0.15) is 52.6 Å². The number of ether oxygens (including phenoxy) is 1. The Balaban J connectivity index is 3.36. The van der Waals surface area contributed by atoms with Crippen molar-refractivity contribution in [2.75, 3.05) is 18.6 Å². The molecule has 0 fully saturated rings. The number of rotatable bonds is 11. The van der Waals surface area contributed by atoms with E-state index in [1.807, 2.05) is 20.1 Å². The molecular weight excluding hydrogens is 442 g/mol. The highest BCUT2D eigenvalue weighted by atomic mass is 32.2. The number of aromatic hydroxyl groups is 1. The van der Waals surface area contributed by atoms with Crippen LogP contribution in [0.3, 0.4) is 0 Å². The monoisotopic (exact) mass is 479 g/mol. The number of phenolic OH excluding ortho intramolecular Hbond substituents is 1. The summed E-state index contributed by atoms with van der Waals surface area (Å²) in [6, 6.07) is 4.11. The summed E-state index contributed by atoms with van der Waals surface area (Å²) in [6.45, 7) is 12.7. The van der Waals surface area contributed by atoms with Gasteiger partial charge in [-0.1, -0.05) is 18.2 Å². The van der Waals surface area contributed by atoms with Gasteiger partial charge in [-0.15, -0.1) is 6.58 Å². The zero-order chi connectivity index (χ0) is 25.2. The first kappa shape index (κ1) is 28.4. The zero-order valence-electron chi connectivity index (χ0n) is 20.4. The minimum absolute atomic E-state index is 0.0489. The van der Waals surface area contributed by atoms with Crippen molar-refractivity contribution >= 4 is 29.7 Å². The van der Waals surface area contributed by atoms with Gasteiger partial charge in [-0.2, -0.15) is 11.8 Å². The summed E-state index contributed by atoms with van der Waals surface area (Å²) in [6.07, 6.45) is 3.10. The Labute approximate surface area is 201 Å². The van der Waals surface area contributed by atoms with E-state index in [9.17, 15) is 19.5 Å². The van der Waals surface area contributed by atoms with E-state index in [4.69, 9.17) is 4.74 Å². The lowest BCUT2D eigenvalue weighted by atomic mass is 10.0. The van der Waals surface area contributed by atoms with Crippen molar-refractivity contribution < 1.29 is 24.2 Å². The van der Waals surface area contributed by atoms with Crippen molar-refractivity contribution in [1.82, 2.24) is 15.5 Å². The first-order chi connectivity index (χ1) is 15.4. The summed E-state index contributed by atoms with van der Waals surface area (Å²) in [4.78, 5) is 40.7. The van der Waals surface area contributed by atoms with Crippen molar-refractivity contribution in [2.45, 2.75) is 64.8 Å². The van der Waals surface area contributed by atoms with Crippen LogP contribution in [0.5, 0.6) is 5.75 Å². The van der Waals surface area contributed by atoms with Crippen LogP contribution in [0.2, 0.25) is 0 Å². The molecule has 8 nitrogen and oxygen atoms in total. The second-order valence-electron chi connectivity index (χ2n) is 8.92. The number of thioether (sulfide) groups is 1. The quantitative estimate of drug-likeness (QED) is 0.419. The first-order valence-corrected chi connectivity index (χ1v) is 12.3. The molecule has 1 aromatic rings. The molecule has 0 aliphatic heterocycles. The number of carbonyl (C=O) groups excluding carboxylic acids is 3. The van der Waals surface area contributed by atoms with Crippen LogP contribution in [0.25, 0.3) is 0 Å². The molecule has 33 heavy (non-hydrogen) atoms. The van der Waals surface area contributed by atoms with Gasteiger partial charge in [0.15, 0.2) is 0 Å². The molecule has 0 aliphatic carbocycles. The van der Waals surface area contributed by atoms with Crippen LogP contribution >= 0.6 is 11.8 Å². The molecule has 0 heterocycles. The third-order valence-electron chi connectivity index (χ3n) is 4.41. The summed E-state index contributed by atoms with van der Waals surface area (Å²) in [5, 5.41) is 15.2. The van der Waals surface area contributed by atoms with Gasteiger partial charge in [0.25, 0.3) is 0 Å². The van der Waals surface area contributed by atoms with Gasteiger partial charge in [0.1, 0.15) is 23.4 Å². The normalized spacial score (nSPS) is 13.1. The first-order valence-electron chi connectivity index (χ1n) is 10.9. The number of benzene rings is 1. The van der Waals surface area contributed by atoms with E-state index in [-0.39, 0.29) is 24.2 Å². The third kappa shape index (κ3) is 9.77. The van der Waals surface area contributed by atoms with Crippen LogP contribution in [0.4, 0.5) is 4.79 Å². The summed E-state index contributed by atoms with van der Waals surface area (Å²) < 4.78 is 5.34. The topological polar surface area (TPSA) is 108 Å². The standard InChI is InChI=1S/C24H37N3O5S/c1-8-14-27(20(21(29)25-16(2)3)17-9-11-18(28)12-10-17)22(30)19(13-15-33-7)26-23(31)32-24(4,5)6/h8-12,16,19-20,28H,1,13-15H2,2-7H3,(H,25,29)(H,26,31). The highest BCUT2D eigenvalue weighted by molar-refractivity contribution is 7.98. The fourth-order valence-electron chi connectivity index (χ4n) is 3.10. The molecule has 0 saturated heterocycles. The van der Waals surface area contributed by atoms with Gasteiger partial charge in [-0.25, -0.2) is 4.79 Å². The molecule has 0 bridgehead atoms. The molecule has 3 amide bonds. The number of nitrogens with one attached hydrogen (secondary N) is 2. The molecule has 0 saturated carbocycles. The van der Waals surface area contributed by atoms with Gasteiger partial charge in [0.05, 0.1) is 0 Å². The minimum Gasteiger partial charge on any atom is -0.508 e. The Morgan fingerprint density at radius 1 is 1.18 bits per heavy atom. The molecule has 9 heteroatoms.